The Morgan fingerprint density at radius 2 is 2.14 bits per heavy atom. The van der Waals surface area contributed by atoms with Gasteiger partial charge in [0, 0.05) is 6.54 Å². The van der Waals surface area contributed by atoms with Crippen molar-refractivity contribution in [1.82, 2.24) is 5.32 Å². The molecule has 14 heavy (non-hydrogen) atoms. The van der Waals surface area contributed by atoms with Gasteiger partial charge in [0.25, 0.3) is 0 Å². The summed E-state index contributed by atoms with van der Waals surface area (Å²) in [4.78, 5) is 0. The number of ether oxygens (including phenoxy) is 1. The molecule has 0 atom stereocenters. The van der Waals surface area contributed by atoms with E-state index in [0.29, 0.717) is 0 Å². The molecule has 0 unspecified atom stereocenters. The molecule has 0 aliphatic rings. The zero-order chi connectivity index (χ0) is 10.4. The van der Waals surface area contributed by atoms with Gasteiger partial charge in [-0.05, 0) is 25.1 Å². The van der Waals surface area contributed by atoms with Gasteiger partial charge in [-0.3, -0.25) is 0 Å². The van der Waals surface area contributed by atoms with Gasteiger partial charge in [-0.25, -0.2) is 0 Å². The summed E-state index contributed by atoms with van der Waals surface area (Å²) >= 11 is 0. The van der Waals surface area contributed by atoms with Crippen LogP contribution in [0.3, 0.4) is 0 Å². The number of likely N-dealkylation sites (N-methyl/N-ethyl adjacent to an activating group) is 1. The number of nitrogens with one attached hydrogen (secondary N) is 1. The molecule has 0 radical (unpaired) electrons. The molecule has 0 heterocycles. The van der Waals surface area contributed by atoms with E-state index in [0.717, 1.165) is 24.3 Å². The van der Waals surface area contributed by atoms with Crippen molar-refractivity contribution in [2.45, 2.75) is 6.42 Å². The predicted octanol–water partition coefficient (Wildman–Crippen LogP) is 2.01. The Hall–Kier alpha value is -1.28. The molecule has 1 aromatic carbocycles. The van der Waals surface area contributed by atoms with Crippen LogP contribution in [0.5, 0.6) is 5.75 Å². The van der Waals surface area contributed by atoms with E-state index < -0.39 is 0 Å². The van der Waals surface area contributed by atoms with Gasteiger partial charge in [-0.1, -0.05) is 30.4 Å². The molecule has 2 heteroatoms. The van der Waals surface area contributed by atoms with Crippen LogP contribution < -0.4 is 10.1 Å². The van der Waals surface area contributed by atoms with E-state index in [1.807, 2.05) is 25.2 Å². The maximum Gasteiger partial charge on any atom is 0.122 e. The van der Waals surface area contributed by atoms with Gasteiger partial charge in [-0.2, -0.15) is 0 Å². The summed E-state index contributed by atoms with van der Waals surface area (Å²) < 4.78 is 5.26. The highest BCUT2D eigenvalue weighted by Gasteiger charge is 2.02. The van der Waals surface area contributed by atoms with Crippen molar-refractivity contribution in [3.63, 3.8) is 0 Å². The second-order valence-corrected chi connectivity index (χ2v) is 3.27. The van der Waals surface area contributed by atoms with Crippen LogP contribution in [0.1, 0.15) is 5.56 Å². The Balaban J connectivity index is 2.70. The lowest BCUT2D eigenvalue weighted by Gasteiger charge is -2.09. The van der Waals surface area contributed by atoms with Crippen LogP contribution in [-0.2, 0) is 6.42 Å². The quantitative estimate of drug-likeness (QED) is 0.719. The summed E-state index contributed by atoms with van der Waals surface area (Å²) in [6, 6.07) is 8.04. The minimum absolute atomic E-state index is 0.845. The molecular formula is C12H17NO. The van der Waals surface area contributed by atoms with E-state index in [1.54, 1.807) is 7.11 Å². The molecule has 0 amide bonds. The molecule has 0 spiro atoms. The molecule has 0 bridgehead atoms. The summed E-state index contributed by atoms with van der Waals surface area (Å²) in [6.45, 7) is 4.84. The number of benzene rings is 1. The molecule has 0 aromatic heterocycles. The van der Waals surface area contributed by atoms with Crippen LogP contribution in [0.2, 0.25) is 0 Å². The molecule has 1 aromatic rings. The van der Waals surface area contributed by atoms with Gasteiger partial charge in [0.1, 0.15) is 5.75 Å². The van der Waals surface area contributed by atoms with Gasteiger partial charge < -0.3 is 10.1 Å². The maximum atomic E-state index is 5.26. The van der Waals surface area contributed by atoms with Crippen molar-refractivity contribution in [2.75, 3.05) is 20.7 Å². The first kappa shape index (κ1) is 10.8. The number of hydrogen-bond acceptors (Lipinski definition) is 2. The minimum atomic E-state index is 0.845. The van der Waals surface area contributed by atoms with Crippen LogP contribution >= 0.6 is 0 Å². The fourth-order valence-corrected chi connectivity index (χ4v) is 1.43. The van der Waals surface area contributed by atoms with Crippen LogP contribution in [0.4, 0.5) is 0 Å². The van der Waals surface area contributed by atoms with E-state index in [-0.39, 0.29) is 0 Å². The van der Waals surface area contributed by atoms with Crippen LogP contribution in [0.15, 0.2) is 36.4 Å². The Kier molecular flexibility index (Phi) is 4.20. The zero-order valence-corrected chi connectivity index (χ0v) is 8.84. The first-order valence-corrected chi connectivity index (χ1v) is 4.71. The number of rotatable bonds is 5. The summed E-state index contributed by atoms with van der Waals surface area (Å²) in [6.07, 6.45) is 0.866. The average Bonchev–Trinajstić information content (AvgIpc) is 2.19. The summed E-state index contributed by atoms with van der Waals surface area (Å²) in [5.74, 6) is 0.935. The van der Waals surface area contributed by atoms with E-state index in [2.05, 4.69) is 18.0 Å². The third-order valence-electron chi connectivity index (χ3n) is 2.06. The second-order valence-electron chi connectivity index (χ2n) is 3.27. The van der Waals surface area contributed by atoms with Crippen LogP contribution in [0.25, 0.3) is 0 Å². The van der Waals surface area contributed by atoms with Crippen molar-refractivity contribution >= 4 is 0 Å². The highest BCUT2D eigenvalue weighted by atomic mass is 16.5. The zero-order valence-electron chi connectivity index (χ0n) is 8.84. The molecule has 0 aliphatic heterocycles. The van der Waals surface area contributed by atoms with Crippen molar-refractivity contribution in [2.24, 2.45) is 0 Å². The normalized spacial score (nSPS) is 9.86. The molecule has 1 N–H and O–H groups in total. The van der Waals surface area contributed by atoms with Gasteiger partial charge in [0.05, 0.1) is 7.11 Å². The summed E-state index contributed by atoms with van der Waals surface area (Å²) in [5.41, 5.74) is 2.35. The molecule has 76 valence electrons. The van der Waals surface area contributed by atoms with Crippen molar-refractivity contribution in [3.8, 4) is 5.75 Å². The van der Waals surface area contributed by atoms with Gasteiger partial charge in [-0.15, -0.1) is 0 Å². The van der Waals surface area contributed by atoms with E-state index >= 15 is 0 Å². The van der Waals surface area contributed by atoms with Gasteiger partial charge >= 0.3 is 0 Å². The van der Waals surface area contributed by atoms with Gasteiger partial charge in [0.15, 0.2) is 0 Å². The average molecular weight is 191 g/mol. The van der Waals surface area contributed by atoms with Crippen LogP contribution in [0, 0.1) is 0 Å². The van der Waals surface area contributed by atoms with Crippen molar-refractivity contribution in [3.05, 3.63) is 42.0 Å². The maximum absolute atomic E-state index is 5.26. The Bertz CT molecular complexity index is 307. The molecule has 0 saturated carbocycles. The SMILES string of the molecule is C=C(CNC)Cc1ccccc1OC. The topological polar surface area (TPSA) is 21.3 Å². The lowest BCUT2D eigenvalue weighted by Crippen LogP contribution is -2.11. The molecule has 0 fully saturated rings. The lowest BCUT2D eigenvalue weighted by atomic mass is 10.1. The predicted molar refractivity (Wildman–Crippen MR) is 59.8 cm³/mol. The third-order valence-corrected chi connectivity index (χ3v) is 2.06. The van der Waals surface area contributed by atoms with E-state index in [1.165, 1.54) is 5.56 Å². The minimum Gasteiger partial charge on any atom is -0.496 e. The van der Waals surface area contributed by atoms with E-state index in [4.69, 9.17) is 4.74 Å². The van der Waals surface area contributed by atoms with Gasteiger partial charge in [0.2, 0.25) is 0 Å². The smallest absolute Gasteiger partial charge is 0.122 e. The monoisotopic (exact) mass is 191 g/mol. The highest BCUT2D eigenvalue weighted by Crippen LogP contribution is 2.19. The second kappa shape index (κ2) is 5.45. The first-order chi connectivity index (χ1) is 6.77. The summed E-state index contributed by atoms with van der Waals surface area (Å²) in [5, 5.41) is 3.08. The molecule has 0 aliphatic carbocycles. The van der Waals surface area contributed by atoms with Crippen molar-refractivity contribution in [1.29, 1.82) is 0 Å². The van der Waals surface area contributed by atoms with E-state index in [9.17, 15) is 0 Å². The largest absolute Gasteiger partial charge is 0.496 e. The molecule has 2 nitrogen and oxygen atoms in total. The molecule has 0 saturated heterocycles. The number of methoxy groups -OCH3 is 1. The Morgan fingerprint density at radius 1 is 1.43 bits per heavy atom. The highest BCUT2D eigenvalue weighted by molar-refractivity contribution is 5.36. The third kappa shape index (κ3) is 2.89. The summed E-state index contributed by atoms with van der Waals surface area (Å²) in [7, 11) is 3.62. The number of hydrogen-bond donors (Lipinski definition) is 1. The van der Waals surface area contributed by atoms with Crippen molar-refractivity contribution < 1.29 is 4.74 Å². The fraction of sp³-hybridized carbons (Fsp3) is 0.333. The molecule has 1 rings (SSSR count). The lowest BCUT2D eigenvalue weighted by molar-refractivity contribution is 0.410. The number of para-hydroxylation sites is 1. The fourth-order valence-electron chi connectivity index (χ4n) is 1.43. The standard InChI is InChI=1S/C12H17NO/c1-10(9-13-2)8-11-6-4-5-7-12(11)14-3/h4-7,13H,1,8-9H2,2-3H3. The van der Waals surface area contributed by atoms with Crippen LogP contribution in [-0.4, -0.2) is 20.7 Å². The Morgan fingerprint density at radius 3 is 2.79 bits per heavy atom. The molecular weight excluding hydrogens is 174 g/mol. The first-order valence-electron chi connectivity index (χ1n) is 4.71. The Labute approximate surface area is 85.6 Å².